The van der Waals surface area contributed by atoms with Crippen LogP contribution in [-0.2, 0) is 26.3 Å². The number of anilines is 1. The number of morpholine rings is 1. The van der Waals surface area contributed by atoms with Gasteiger partial charge in [-0.1, -0.05) is 30.3 Å². The number of para-hydroxylation sites is 1. The molecule has 42 heavy (non-hydrogen) atoms. The van der Waals surface area contributed by atoms with Gasteiger partial charge >= 0.3 is 12.1 Å². The highest BCUT2D eigenvalue weighted by Crippen LogP contribution is 2.65. The van der Waals surface area contributed by atoms with Crippen molar-refractivity contribution in [1.82, 2.24) is 20.1 Å². The van der Waals surface area contributed by atoms with Crippen molar-refractivity contribution in [3.63, 3.8) is 0 Å². The lowest BCUT2D eigenvalue weighted by molar-refractivity contribution is -0.192. The summed E-state index contributed by atoms with van der Waals surface area (Å²) in [5, 5.41) is 22.2. The Bertz CT molecular complexity index is 1680. The smallest absolute Gasteiger partial charge is 0.475 e. The van der Waals surface area contributed by atoms with Crippen molar-refractivity contribution in [2.75, 3.05) is 31.6 Å². The summed E-state index contributed by atoms with van der Waals surface area (Å²) in [6.45, 7) is 4.40. The number of hydrogen-bond acceptors (Lipinski definition) is 7. The first kappa shape index (κ1) is 28.1. The third-order valence-corrected chi connectivity index (χ3v) is 8.58. The van der Waals surface area contributed by atoms with Crippen LogP contribution in [0.4, 0.5) is 18.9 Å². The highest BCUT2D eigenvalue weighted by molar-refractivity contribution is 7.09. The van der Waals surface area contributed by atoms with Crippen molar-refractivity contribution in [3.05, 3.63) is 75.4 Å². The van der Waals surface area contributed by atoms with Crippen LogP contribution < -0.4 is 5.32 Å². The topological polar surface area (TPSA) is 120 Å². The number of carbonyl (C=O) groups is 2. The number of aromatic amines is 1. The number of carboxylic acids is 1. The summed E-state index contributed by atoms with van der Waals surface area (Å²) in [6.07, 6.45) is -0.192. The van der Waals surface area contributed by atoms with Gasteiger partial charge in [-0.05, 0) is 41.8 Å². The molecule has 13 heteroatoms. The molecule has 4 aromatic rings. The number of thiazole rings is 1. The van der Waals surface area contributed by atoms with Crippen LogP contribution in [0.2, 0.25) is 0 Å². The number of fused-ring (bicyclic) bond motifs is 3. The average Bonchev–Trinajstić information content (AvgIpc) is 3.19. The van der Waals surface area contributed by atoms with Crippen molar-refractivity contribution >= 4 is 52.0 Å². The van der Waals surface area contributed by atoms with Gasteiger partial charge in [0.2, 0.25) is 5.91 Å². The van der Waals surface area contributed by atoms with Gasteiger partial charge in [0.1, 0.15) is 5.01 Å². The van der Waals surface area contributed by atoms with E-state index in [1.165, 1.54) is 5.56 Å². The van der Waals surface area contributed by atoms with Crippen molar-refractivity contribution in [2.45, 2.75) is 30.5 Å². The summed E-state index contributed by atoms with van der Waals surface area (Å²) in [4.78, 5) is 28.9. The van der Waals surface area contributed by atoms with Gasteiger partial charge in [-0.3, -0.25) is 14.8 Å². The van der Waals surface area contributed by atoms with E-state index >= 15 is 0 Å². The molecule has 1 unspecified atom stereocenters. The summed E-state index contributed by atoms with van der Waals surface area (Å²) < 4.78 is 37.2. The molecule has 2 aromatic heterocycles. The zero-order valence-corrected chi connectivity index (χ0v) is 23.0. The number of hydrogen-bond donors (Lipinski definition) is 3. The monoisotopic (exact) mass is 597 g/mol. The SMILES string of the molecule is O=C(O)C(F)(F)F.O=C1Nc2ccccc2C12C[C@H]2c1ccc2c(/C=C/c3csc(CN4CCOCC4)n3)n[nH]c2c1. The van der Waals surface area contributed by atoms with E-state index in [2.05, 4.69) is 50.1 Å². The van der Waals surface area contributed by atoms with E-state index in [0.717, 1.165) is 77.8 Å². The summed E-state index contributed by atoms with van der Waals surface area (Å²) in [5.41, 5.74) is 5.67. The predicted octanol–water partition coefficient (Wildman–Crippen LogP) is 5.03. The molecule has 1 aliphatic carbocycles. The minimum absolute atomic E-state index is 0.119. The molecule has 1 amide bonds. The Morgan fingerprint density at radius 1 is 1.19 bits per heavy atom. The third-order valence-electron chi connectivity index (χ3n) is 7.73. The maximum absolute atomic E-state index is 12.8. The summed E-state index contributed by atoms with van der Waals surface area (Å²) in [7, 11) is 0. The zero-order valence-electron chi connectivity index (χ0n) is 22.1. The Hall–Kier alpha value is -4.07. The molecule has 218 valence electrons. The molecule has 1 saturated heterocycles. The van der Waals surface area contributed by atoms with Crippen LogP contribution in [0.25, 0.3) is 23.1 Å². The maximum Gasteiger partial charge on any atom is 0.490 e. The molecule has 2 atom stereocenters. The number of halogens is 3. The molecule has 7 rings (SSSR count). The van der Waals surface area contributed by atoms with E-state index < -0.39 is 17.6 Å². The Kier molecular flexibility index (Phi) is 7.33. The fourth-order valence-corrected chi connectivity index (χ4v) is 6.35. The van der Waals surface area contributed by atoms with Crippen molar-refractivity contribution in [1.29, 1.82) is 0 Å². The average molecular weight is 598 g/mol. The number of rotatable bonds is 5. The van der Waals surface area contributed by atoms with E-state index in [1.807, 2.05) is 30.4 Å². The summed E-state index contributed by atoms with van der Waals surface area (Å²) in [5.74, 6) is -2.45. The zero-order chi connectivity index (χ0) is 29.5. The van der Waals surface area contributed by atoms with Gasteiger partial charge in [0, 0.05) is 35.5 Å². The van der Waals surface area contributed by atoms with Crippen LogP contribution >= 0.6 is 11.3 Å². The van der Waals surface area contributed by atoms with E-state index in [1.54, 1.807) is 11.3 Å². The van der Waals surface area contributed by atoms with Gasteiger partial charge in [-0.15, -0.1) is 11.3 Å². The number of H-pyrrole nitrogens is 1. The molecule has 0 bridgehead atoms. The van der Waals surface area contributed by atoms with Crippen LogP contribution in [-0.4, -0.2) is 69.5 Å². The first-order valence-corrected chi connectivity index (χ1v) is 14.1. The maximum atomic E-state index is 12.8. The fourth-order valence-electron chi connectivity index (χ4n) is 5.54. The number of carbonyl (C=O) groups excluding carboxylic acids is 1. The fraction of sp³-hybridized carbons (Fsp3) is 0.310. The van der Waals surface area contributed by atoms with Gasteiger partial charge in [0.25, 0.3) is 0 Å². The van der Waals surface area contributed by atoms with E-state index in [4.69, 9.17) is 19.6 Å². The molecule has 1 spiro atoms. The molecular weight excluding hydrogens is 571 g/mol. The van der Waals surface area contributed by atoms with Gasteiger partial charge in [-0.2, -0.15) is 18.3 Å². The minimum Gasteiger partial charge on any atom is -0.475 e. The Labute approximate surface area is 242 Å². The first-order valence-electron chi connectivity index (χ1n) is 13.3. The minimum atomic E-state index is -5.08. The number of carboxylic acid groups (broad SMARTS) is 1. The van der Waals surface area contributed by atoms with Gasteiger partial charge < -0.3 is 15.2 Å². The second kappa shape index (κ2) is 11.0. The number of nitrogens with zero attached hydrogens (tertiary/aromatic N) is 3. The number of nitrogens with one attached hydrogen (secondary N) is 2. The van der Waals surface area contributed by atoms with Gasteiger partial charge in [0.15, 0.2) is 0 Å². The molecule has 0 radical (unpaired) electrons. The number of amides is 1. The Balaban J connectivity index is 0.000000405. The second-order valence-electron chi connectivity index (χ2n) is 10.3. The number of ether oxygens (including phenoxy) is 1. The third kappa shape index (κ3) is 5.42. The van der Waals surface area contributed by atoms with E-state index in [0.29, 0.717) is 0 Å². The number of aliphatic carboxylic acids is 1. The second-order valence-corrected chi connectivity index (χ2v) is 11.3. The molecule has 2 aromatic carbocycles. The molecule has 3 N–H and O–H groups in total. The van der Waals surface area contributed by atoms with Gasteiger partial charge in [0.05, 0.1) is 42.1 Å². The van der Waals surface area contributed by atoms with Crippen LogP contribution in [0.15, 0.2) is 47.8 Å². The number of benzene rings is 2. The van der Waals surface area contributed by atoms with Crippen LogP contribution in [0.3, 0.4) is 0 Å². The van der Waals surface area contributed by atoms with Crippen LogP contribution in [0.1, 0.15) is 39.9 Å². The molecular formula is C29H26F3N5O4S. The lowest BCUT2D eigenvalue weighted by Gasteiger charge is -2.25. The number of aromatic nitrogens is 3. The number of alkyl halides is 3. The van der Waals surface area contributed by atoms with Gasteiger partial charge in [-0.25, -0.2) is 9.78 Å². The largest absolute Gasteiger partial charge is 0.490 e. The van der Waals surface area contributed by atoms with Crippen molar-refractivity contribution < 1.29 is 32.6 Å². The quantitative estimate of drug-likeness (QED) is 0.295. The van der Waals surface area contributed by atoms with Crippen molar-refractivity contribution in [2.24, 2.45) is 0 Å². The predicted molar refractivity (Wildman–Crippen MR) is 151 cm³/mol. The van der Waals surface area contributed by atoms with E-state index in [-0.39, 0.29) is 11.8 Å². The standard InChI is InChI=1S/C27H25N5O2S.C2HF3O2/c33-26-27(20-3-1-2-4-23(20)29-26)14-21(27)17-5-7-19-22(30-31-24(19)13-17)8-6-18-16-35-25(28-18)15-32-9-11-34-12-10-32;3-2(4,5)1(6)7/h1-8,13,16,21H,9-12,14-15H2,(H,29,33)(H,30,31);(H,6,7)/b8-6+;/t21-,27?;/m0./s1. The molecule has 1 saturated carbocycles. The van der Waals surface area contributed by atoms with Crippen molar-refractivity contribution in [3.8, 4) is 0 Å². The Morgan fingerprint density at radius 3 is 2.71 bits per heavy atom. The first-order chi connectivity index (χ1) is 20.1. The summed E-state index contributed by atoms with van der Waals surface area (Å²) in [6, 6.07) is 14.5. The molecule has 3 aliphatic rings. The lowest BCUT2D eigenvalue weighted by atomic mass is 9.92. The van der Waals surface area contributed by atoms with Crippen LogP contribution in [0.5, 0.6) is 0 Å². The Morgan fingerprint density at radius 2 is 1.95 bits per heavy atom. The molecule has 9 nitrogen and oxygen atoms in total. The highest BCUT2D eigenvalue weighted by atomic mass is 32.1. The van der Waals surface area contributed by atoms with Crippen LogP contribution in [0, 0.1) is 0 Å². The highest BCUT2D eigenvalue weighted by Gasteiger charge is 2.65. The van der Waals surface area contributed by atoms with E-state index in [9.17, 15) is 18.0 Å². The lowest BCUT2D eigenvalue weighted by Crippen LogP contribution is -2.35. The molecule has 2 fully saturated rings. The molecule has 2 aliphatic heterocycles. The summed E-state index contributed by atoms with van der Waals surface area (Å²) >= 11 is 1.69. The normalized spacial score (nSPS) is 21.8. The molecule has 4 heterocycles.